The monoisotopic (exact) mass is 412 g/mol. The third-order valence-corrected chi connectivity index (χ3v) is 5.41. The van der Waals surface area contributed by atoms with E-state index in [1.54, 1.807) is 23.0 Å². The second-order valence-corrected chi connectivity index (χ2v) is 7.40. The molecule has 0 fully saturated rings. The number of furan rings is 1. The molecule has 5 aromatic rings. The van der Waals surface area contributed by atoms with E-state index in [9.17, 15) is 9.59 Å². The van der Waals surface area contributed by atoms with Crippen LogP contribution in [0.4, 0.5) is 0 Å². The minimum atomic E-state index is -0.457. The molecule has 0 aliphatic rings. The molecule has 31 heavy (non-hydrogen) atoms. The van der Waals surface area contributed by atoms with Crippen molar-refractivity contribution in [2.45, 2.75) is 20.0 Å². The molecule has 5 rings (SSSR count). The maximum Gasteiger partial charge on any atom is 0.337 e. The van der Waals surface area contributed by atoms with Gasteiger partial charge in [0.2, 0.25) is 0 Å². The topological polar surface area (TPSA) is 75.0 Å². The Labute approximate surface area is 177 Å². The summed E-state index contributed by atoms with van der Waals surface area (Å²) in [7, 11) is 0. The molecule has 0 amide bonds. The minimum Gasteiger partial charge on any atom is -0.467 e. The largest absolute Gasteiger partial charge is 0.467 e. The number of aryl methyl sites for hydroxylation is 1. The van der Waals surface area contributed by atoms with Crippen molar-refractivity contribution in [1.29, 1.82) is 0 Å². The van der Waals surface area contributed by atoms with Crippen LogP contribution in [0.3, 0.4) is 0 Å². The third-order valence-electron chi connectivity index (χ3n) is 5.41. The number of hydrogen-bond donors (Lipinski definition) is 0. The molecule has 3 heterocycles. The Morgan fingerprint density at radius 3 is 2.42 bits per heavy atom. The van der Waals surface area contributed by atoms with Gasteiger partial charge in [-0.3, -0.25) is 9.36 Å². The van der Waals surface area contributed by atoms with Gasteiger partial charge < -0.3 is 8.98 Å². The van der Waals surface area contributed by atoms with Gasteiger partial charge in [0.25, 0.3) is 5.56 Å². The second-order valence-electron chi connectivity index (χ2n) is 7.40. The van der Waals surface area contributed by atoms with E-state index < -0.39 is 11.2 Å². The van der Waals surface area contributed by atoms with Gasteiger partial charge in [0.05, 0.1) is 24.8 Å². The SMILES string of the molecule is Cc1ccccc1Cn1cnc2c1c(=O)n(Cc1ccco1)c(=O)n2-c1ccccc1. The Hall–Kier alpha value is -4.13. The smallest absolute Gasteiger partial charge is 0.337 e. The molecule has 0 aliphatic heterocycles. The molecule has 0 atom stereocenters. The molecule has 7 heteroatoms. The van der Waals surface area contributed by atoms with E-state index in [4.69, 9.17) is 4.42 Å². The van der Waals surface area contributed by atoms with Crippen molar-refractivity contribution in [3.8, 4) is 5.69 Å². The molecule has 0 unspecified atom stereocenters. The van der Waals surface area contributed by atoms with Crippen molar-refractivity contribution in [2.75, 3.05) is 0 Å². The van der Waals surface area contributed by atoms with Crippen LogP contribution in [-0.4, -0.2) is 18.7 Å². The van der Waals surface area contributed by atoms with Crippen molar-refractivity contribution >= 4 is 11.2 Å². The number of fused-ring (bicyclic) bond motifs is 1. The van der Waals surface area contributed by atoms with E-state index in [1.807, 2.05) is 61.5 Å². The van der Waals surface area contributed by atoms with Gasteiger partial charge in [-0.05, 0) is 42.3 Å². The molecule has 0 bridgehead atoms. The lowest BCUT2D eigenvalue weighted by atomic mass is 10.1. The average molecular weight is 412 g/mol. The highest BCUT2D eigenvalue weighted by Gasteiger charge is 2.20. The fraction of sp³-hybridized carbons (Fsp3) is 0.125. The van der Waals surface area contributed by atoms with Crippen molar-refractivity contribution < 1.29 is 4.42 Å². The zero-order valence-electron chi connectivity index (χ0n) is 16.9. The van der Waals surface area contributed by atoms with E-state index in [0.29, 0.717) is 29.2 Å². The number of benzene rings is 2. The Bertz CT molecular complexity index is 1480. The molecule has 154 valence electrons. The molecular weight excluding hydrogens is 392 g/mol. The summed E-state index contributed by atoms with van der Waals surface area (Å²) in [4.78, 5) is 31.3. The molecule has 0 aliphatic carbocycles. The summed E-state index contributed by atoms with van der Waals surface area (Å²) in [6.45, 7) is 2.55. The predicted molar refractivity (Wildman–Crippen MR) is 118 cm³/mol. The van der Waals surface area contributed by atoms with Crippen LogP contribution >= 0.6 is 0 Å². The average Bonchev–Trinajstić information content (AvgIpc) is 3.44. The minimum absolute atomic E-state index is 0.0446. The predicted octanol–water partition coefficient (Wildman–Crippen LogP) is 3.35. The Kier molecular flexibility index (Phi) is 4.63. The molecule has 0 spiro atoms. The first kappa shape index (κ1) is 18.9. The lowest BCUT2D eigenvalue weighted by molar-refractivity contribution is 0.482. The molecule has 7 nitrogen and oxygen atoms in total. The van der Waals surface area contributed by atoms with Gasteiger partial charge in [-0.15, -0.1) is 0 Å². The Balaban J connectivity index is 1.78. The molecule has 0 N–H and O–H groups in total. The summed E-state index contributed by atoms with van der Waals surface area (Å²) >= 11 is 0. The first-order valence-electron chi connectivity index (χ1n) is 9.96. The van der Waals surface area contributed by atoms with Crippen LogP contribution in [0.1, 0.15) is 16.9 Å². The van der Waals surface area contributed by atoms with Crippen LogP contribution in [0.25, 0.3) is 16.9 Å². The van der Waals surface area contributed by atoms with E-state index in [2.05, 4.69) is 4.98 Å². The summed E-state index contributed by atoms with van der Waals surface area (Å²) < 4.78 is 9.88. The zero-order chi connectivity index (χ0) is 21.4. The van der Waals surface area contributed by atoms with Gasteiger partial charge in [0.1, 0.15) is 5.76 Å². The highest BCUT2D eigenvalue weighted by atomic mass is 16.3. The number of imidazole rings is 1. The maximum absolute atomic E-state index is 13.5. The molecule has 0 saturated heterocycles. The van der Waals surface area contributed by atoms with Crippen LogP contribution in [0, 0.1) is 6.92 Å². The quantitative estimate of drug-likeness (QED) is 0.444. The van der Waals surface area contributed by atoms with Gasteiger partial charge in [0, 0.05) is 6.54 Å². The van der Waals surface area contributed by atoms with Crippen LogP contribution in [0.2, 0.25) is 0 Å². The fourth-order valence-corrected chi connectivity index (χ4v) is 3.78. The van der Waals surface area contributed by atoms with Crippen LogP contribution in [-0.2, 0) is 13.1 Å². The van der Waals surface area contributed by atoms with Gasteiger partial charge in [-0.25, -0.2) is 14.3 Å². The lowest BCUT2D eigenvalue weighted by Crippen LogP contribution is -2.40. The highest BCUT2D eigenvalue weighted by Crippen LogP contribution is 2.16. The van der Waals surface area contributed by atoms with Crippen molar-refractivity contribution in [1.82, 2.24) is 18.7 Å². The van der Waals surface area contributed by atoms with Crippen molar-refractivity contribution in [2.24, 2.45) is 0 Å². The normalized spacial score (nSPS) is 11.3. The van der Waals surface area contributed by atoms with Gasteiger partial charge in [-0.2, -0.15) is 0 Å². The Morgan fingerprint density at radius 1 is 0.903 bits per heavy atom. The number of aromatic nitrogens is 4. The van der Waals surface area contributed by atoms with Crippen molar-refractivity contribution in [3.63, 3.8) is 0 Å². The summed E-state index contributed by atoms with van der Waals surface area (Å²) in [5.41, 5.74) is 2.71. The van der Waals surface area contributed by atoms with Gasteiger partial charge in [-0.1, -0.05) is 42.5 Å². The second kappa shape index (κ2) is 7.60. The lowest BCUT2D eigenvalue weighted by Gasteiger charge is -2.12. The number of para-hydroxylation sites is 1. The fourth-order valence-electron chi connectivity index (χ4n) is 3.78. The van der Waals surface area contributed by atoms with Crippen LogP contribution < -0.4 is 11.2 Å². The number of nitrogens with zero attached hydrogens (tertiary/aromatic N) is 4. The maximum atomic E-state index is 13.5. The van der Waals surface area contributed by atoms with Crippen LogP contribution in [0.5, 0.6) is 0 Å². The zero-order valence-corrected chi connectivity index (χ0v) is 16.9. The van der Waals surface area contributed by atoms with E-state index in [0.717, 1.165) is 11.1 Å². The van der Waals surface area contributed by atoms with E-state index >= 15 is 0 Å². The molecular formula is C24H20N4O3. The first-order chi connectivity index (χ1) is 15.1. The highest BCUT2D eigenvalue weighted by molar-refractivity contribution is 5.72. The molecule has 2 aromatic carbocycles. The summed E-state index contributed by atoms with van der Waals surface area (Å²) in [5, 5.41) is 0. The standard InChI is InChI=1S/C24H20N4O3/c1-17-8-5-6-9-18(17)14-26-16-25-22-21(26)23(29)27(15-20-12-7-13-31-20)24(30)28(22)19-10-3-2-4-11-19/h2-13,16H,14-15H2,1H3. The third kappa shape index (κ3) is 3.30. The molecule has 0 saturated carbocycles. The van der Waals surface area contributed by atoms with Crippen molar-refractivity contribution in [3.05, 3.63) is 117 Å². The molecule has 0 radical (unpaired) electrons. The van der Waals surface area contributed by atoms with Gasteiger partial charge in [0.15, 0.2) is 11.2 Å². The summed E-state index contributed by atoms with van der Waals surface area (Å²) in [6, 6.07) is 20.7. The first-order valence-corrected chi connectivity index (χ1v) is 9.96. The van der Waals surface area contributed by atoms with Crippen LogP contribution in [0.15, 0.2) is 93.3 Å². The molecule has 3 aromatic heterocycles. The van der Waals surface area contributed by atoms with E-state index in [1.165, 1.54) is 15.4 Å². The number of hydrogen-bond acceptors (Lipinski definition) is 4. The summed E-state index contributed by atoms with van der Waals surface area (Å²) in [5.74, 6) is 0.531. The number of rotatable bonds is 5. The van der Waals surface area contributed by atoms with Gasteiger partial charge >= 0.3 is 5.69 Å². The Morgan fingerprint density at radius 2 is 1.68 bits per heavy atom. The summed E-state index contributed by atoms with van der Waals surface area (Å²) in [6.07, 6.45) is 3.14. The van der Waals surface area contributed by atoms with E-state index in [-0.39, 0.29) is 6.54 Å².